The average molecular weight is 237 g/mol. The fourth-order valence-electron chi connectivity index (χ4n) is 1.85. The molecule has 0 spiro atoms. The molecule has 86 valence electrons. The molecule has 3 N–H and O–H groups in total. The van der Waals surface area contributed by atoms with E-state index in [4.69, 9.17) is 5.11 Å². The van der Waals surface area contributed by atoms with Gasteiger partial charge in [0.25, 0.3) is 0 Å². The first kappa shape index (κ1) is 11.5. The predicted molar refractivity (Wildman–Crippen MR) is 67.8 cm³/mol. The fraction of sp³-hybridized carbons (Fsp3) is 0.417. The van der Waals surface area contributed by atoms with Crippen molar-refractivity contribution in [3.63, 3.8) is 0 Å². The molecule has 0 fully saturated rings. The van der Waals surface area contributed by atoms with Gasteiger partial charge in [-0.15, -0.1) is 11.3 Å². The van der Waals surface area contributed by atoms with Crippen LogP contribution in [0.15, 0.2) is 35.5 Å². The summed E-state index contributed by atoms with van der Waals surface area (Å²) < 4.78 is 0. The van der Waals surface area contributed by atoms with Crippen molar-refractivity contribution in [2.45, 2.75) is 25.3 Å². The number of nitrogens with one attached hydrogen (secondary N) is 1. The van der Waals surface area contributed by atoms with Crippen molar-refractivity contribution in [2.24, 2.45) is 0 Å². The first-order valence-corrected chi connectivity index (χ1v) is 6.34. The van der Waals surface area contributed by atoms with E-state index in [1.54, 1.807) is 11.3 Å². The van der Waals surface area contributed by atoms with Crippen molar-refractivity contribution < 1.29 is 5.11 Å². The van der Waals surface area contributed by atoms with Crippen molar-refractivity contribution in [2.75, 3.05) is 6.73 Å². The lowest BCUT2D eigenvalue weighted by Crippen LogP contribution is -2.28. The minimum atomic E-state index is 0.268. The van der Waals surface area contributed by atoms with E-state index < -0.39 is 0 Å². The Kier molecular flexibility index (Phi) is 3.88. The van der Waals surface area contributed by atoms with Crippen molar-refractivity contribution in [1.82, 2.24) is 10.3 Å². The highest BCUT2D eigenvalue weighted by Gasteiger charge is 2.15. The normalized spacial score (nSPS) is 21.9. The van der Waals surface area contributed by atoms with Gasteiger partial charge in [0, 0.05) is 23.0 Å². The molecule has 0 bridgehead atoms. The largest absolute Gasteiger partial charge is 0.434 e. The lowest BCUT2D eigenvalue weighted by molar-refractivity contribution is 0.252. The van der Waals surface area contributed by atoms with Crippen LogP contribution >= 0.6 is 11.3 Å². The summed E-state index contributed by atoms with van der Waals surface area (Å²) in [5.41, 5.74) is 3.17. The maximum Gasteiger partial charge on any atom is 0.201 e. The standard InChI is InChI=1S/C12H16N2OS/c1-9(14-7-15)10-2-4-11(5-3-10)12-6-13-8-16-12/h2-4,6,8-9,11,14-15H,5,7H2,1H3/p+1. The van der Waals surface area contributed by atoms with E-state index in [0.717, 1.165) is 6.42 Å². The summed E-state index contributed by atoms with van der Waals surface area (Å²) in [5.74, 6) is 0.486. The zero-order valence-corrected chi connectivity index (χ0v) is 10.1. The summed E-state index contributed by atoms with van der Waals surface area (Å²) in [5, 5.41) is 10.2. The van der Waals surface area contributed by atoms with E-state index in [1.165, 1.54) is 10.5 Å². The number of rotatable bonds is 4. The van der Waals surface area contributed by atoms with E-state index in [2.05, 4.69) is 35.5 Å². The molecule has 1 aromatic rings. The zero-order chi connectivity index (χ0) is 11.4. The van der Waals surface area contributed by atoms with Gasteiger partial charge >= 0.3 is 0 Å². The highest BCUT2D eigenvalue weighted by atomic mass is 32.1. The number of hydrogen-bond donors (Lipinski definition) is 1. The Balaban J connectivity index is 1.98. The predicted octanol–water partition coefficient (Wildman–Crippen LogP) is 1.77. The smallest absolute Gasteiger partial charge is 0.201 e. The minimum absolute atomic E-state index is 0.268. The van der Waals surface area contributed by atoms with Crippen molar-refractivity contribution in [3.8, 4) is 0 Å². The number of aromatic nitrogens is 1. The third-order valence-corrected chi connectivity index (χ3v) is 3.76. The molecule has 2 atom stereocenters. The molecular formula is C12H17N2OS+. The average Bonchev–Trinajstić information content (AvgIpc) is 2.83. The SMILES string of the molecule is CC(NC[OH2+])C1=CCC(c2cncs2)C=C1. The Morgan fingerprint density at radius 3 is 3.12 bits per heavy atom. The van der Waals surface area contributed by atoms with E-state index >= 15 is 0 Å². The Hall–Kier alpha value is -0.970. The van der Waals surface area contributed by atoms with Gasteiger partial charge in [0.05, 0.1) is 5.51 Å². The summed E-state index contributed by atoms with van der Waals surface area (Å²) in [6.45, 7) is 2.36. The Morgan fingerprint density at radius 1 is 1.69 bits per heavy atom. The van der Waals surface area contributed by atoms with Crippen molar-refractivity contribution >= 4 is 11.3 Å². The van der Waals surface area contributed by atoms with Crippen LogP contribution in [0.5, 0.6) is 0 Å². The van der Waals surface area contributed by atoms with Gasteiger partial charge in [-0.1, -0.05) is 18.2 Å². The van der Waals surface area contributed by atoms with Gasteiger partial charge < -0.3 is 5.11 Å². The lowest BCUT2D eigenvalue weighted by atomic mass is 9.93. The Morgan fingerprint density at radius 2 is 2.56 bits per heavy atom. The second-order valence-corrected chi connectivity index (χ2v) is 4.83. The molecule has 1 aromatic heterocycles. The molecule has 1 heterocycles. The summed E-state index contributed by atoms with van der Waals surface area (Å²) in [7, 11) is 0. The van der Waals surface area contributed by atoms with Crippen LogP contribution in [0.4, 0.5) is 0 Å². The molecule has 0 saturated carbocycles. The quantitative estimate of drug-likeness (QED) is 0.641. The van der Waals surface area contributed by atoms with Gasteiger partial charge in [0.15, 0.2) is 0 Å². The second-order valence-electron chi connectivity index (χ2n) is 3.91. The molecule has 3 nitrogen and oxygen atoms in total. The number of nitrogens with zero attached hydrogens (tertiary/aromatic N) is 1. The fourth-order valence-corrected chi connectivity index (χ4v) is 2.56. The molecule has 0 aliphatic heterocycles. The number of hydrogen-bond acceptors (Lipinski definition) is 3. The summed E-state index contributed by atoms with van der Waals surface area (Å²) in [4.78, 5) is 5.43. The summed E-state index contributed by atoms with van der Waals surface area (Å²) in [6, 6.07) is 0.274. The molecule has 16 heavy (non-hydrogen) atoms. The molecule has 0 radical (unpaired) electrons. The first-order chi connectivity index (χ1) is 7.81. The maximum atomic E-state index is 7.14. The van der Waals surface area contributed by atoms with Crippen LogP contribution in [-0.2, 0) is 0 Å². The van der Waals surface area contributed by atoms with Gasteiger partial charge in [-0.25, -0.2) is 5.32 Å². The van der Waals surface area contributed by atoms with E-state index in [-0.39, 0.29) is 12.8 Å². The molecule has 1 aliphatic rings. The molecule has 0 amide bonds. The molecule has 0 saturated heterocycles. The molecule has 2 unspecified atom stereocenters. The van der Waals surface area contributed by atoms with Crippen LogP contribution in [0, 0.1) is 0 Å². The van der Waals surface area contributed by atoms with E-state index in [0.29, 0.717) is 5.92 Å². The van der Waals surface area contributed by atoms with Gasteiger partial charge in [0.1, 0.15) is 0 Å². The van der Waals surface area contributed by atoms with Crippen molar-refractivity contribution in [1.29, 1.82) is 0 Å². The molecular weight excluding hydrogens is 220 g/mol. The topological polar surface area (TPSA) is 47.8 Å². The van der Waals surface area contributed by atoms with E-state index in [1.807, 2.05) is 11.7 Å². The third kappa shape index (κ3) is 2.58. The van der Waals surface area contributed by atoms with Crippen molar-refractivity contribution in [3.05, 3.63) is 40.4 Å². The molecule has 0 aromatic carbocycles. The van der Waals surface area contributed by atoms with Gasteiger partial charge in [0.2, 0.25) is 6.73 Å². The van der Waals surface area contributed by atoms with Crippen LogP contribution in [0.2, 0.25) is 0 Å². The number of thiazole rings is 1. The Bertz CT molecular complexity index is 384. The summed E-state index contributed by atoms with van der Waals surface area (Å²) in [6.07, 6.45) is 9.66. The molecule has 4 heteroatoms. The summed E-state index contributed by atoms with van der Waals surface area (Å²) >= 11 is 1.71. The van der Waals surface area contributed by atoms with Gasteiger partial charge in [-0.05, 0) is 18.9 Å². The molecule has 1 aliphatic carbocycles. The van der Waals surface area contributed by atoms with Crippen LogP contribution in [0.3, 0.4) is 0 Å². The monoisotopic (exact) mass is 237 g/mol. The zero-order valence-electron chi connectivity index (χ0n) is 9.31. The van der Waals surface area contributed by atoms with Gasteiger partial charge in [-0.2, -0.15) is 0 Å². The van der Waals surface area contributed by atoms with Crippen LogP contribution in [-0.4, -0.2) is 22.9 Å². The van der Waals surface area contributed by atoms with Crippen LogP contribution < -0.4 is 5.32 Å². The Labute approximate surface area is 99.5 Å². The first-order valence-electron chi connectivity index (χ1n) is 5.46. The van der Waals surface area contributed by atoms with E-state index in [9.17, 15) is 0 Å². The molecule has 2 rings (SSSR count). The van der Waals surface area contributed by atoms with Gasteiger partial charge in [-0.3, -0.25) is 4.98 Å². The highest BCUT2D eigenvalue weighted by Crippen LogP contribution is 2.29. The maximum absolute atomic E-state index is 7.14. The highest BCUT2D eigenvalue weighted by molar-refractivity contribution is 7.09. The second kappa shape index (κ2) is 5.39. The third-order valence-electron chi connectivity index (χ3n) is 2.85. The lowest BCUT2D eigenvalue weighted by Gasteiger charge is -2.18. The van der Waals surface area contributed by atoms with Crippen LogP contribution in [0.1, 0.15) is 24.1 Å². The van der Waals surface area contributed by atoms with Crippen LogP contribution in [0.25, 0.3) is 0 Å². The number of allylic oxidation sites excluding steroid dienone is 2. The minimum Gasteiger partial charge on any atom is -0.434 e.